The van der Waals surface area contributed by atoms with Gasteiger partial charge in [-0.05, 0) is 44.9 Å². The van der Waals surface area contributed by atoms with Crippen LogP contribution in [0, 0.1) is 0 Å². The van der Waals surface area contributed by atoms with E-state index in [2.05, 4.69) is 32.9 Å². The molecule has 0 aliphatic rings. The molecule has 52 heavy (non-hydrogen) atoms. The average molecular weight is 735 g/mol. The van der Waals surface area contributed by atoms with Crippen molar-refractivity contribution >= 4 is 11.9 Å². The smallest absolute Gasteiger partial charge is 0.306 e. The van der Waals surface area contributed by atoms with E-state index in [9.17, 15) is 9.59 Å². The maximum atomic E-state index is 12.5. The van der Waals surface area contributed by atoms with Crippen LogP contribution in [-0.2, 0) is 23.8 Å². The molecule has 0 aromatic heterocycles. The minimum absolute atomic E-state index is 0.0877. The average Bonchev–Trinajstić information content (AvgIpc) is 3.14. The Morgan fingerprint density at radius 2 is 0.750 bits per heavy atom. The van der Waals surface area contributed by atoms with Gasteiger partial charge in [-0.25, -0.2) is 0 Å². The first-order valence-electron chi connectivity index (χ1n) is 23.2. The third kappa shape index (κ3) is 41.4. The van der Waals surface area contributed by atoms with Crippen molar-refractivity contribution in [2.75, 3.05) is 19.8 Å². The number of rotatable bonds is 43. The molecule has 0 saturated carbocycles. The molecular weight excluding hydrogens is 645 g/mol. The normalized spacial score (nSPS) is 12.1. The summed E-state index contributed by atoms with van der Waals surface area (Å²) in [7, 11) is 0. The van der Waals surface area contributed by atoms with Crippen LogP contribution in [0.5, 0.6) is 0 Å². The van der Waals surface area contributed by atoms with Crippen molar-refractivity contribution in [1.29, 1.82) is 0 Å². The molecule has 0 aromatic carbocycles. The Kier molecular flexibility index (Phi) is 42.9. The zero-order valence-corrected chi connectivity index (χ0v) is 35.4. The Bertz CT molecular complexity index is 750. The van der Waals surface area contributed by atoms with Crippen LogP contribution >= 0.6 is 0 Å². The Hall–Kier alpha value is -1.36. The monoisotopic (exact) mass is 735 g/mol. The topological polar surface area (TPSA) is 61.8 Å². The van der Waals surface area contributed by atoms with Gasteiger partial charge in [0.2, 0.25) is 0 Å². The second kappa shape index (κ2) is 44.0. The van der Waals surface area contributed by atoms with Crippen LogP contribution in [0.3, 0.4) is 0 Å². The highest BCUT2D eigenvalue weighted by molar-refractivity contribution is 5.70. The largest absolute Gasteiger partial charge is 0.462 e. The Morgan fingerprint density at radius 3 is 1.17 bits per heavy atom. The summed E-state index contributed by atoms with van der Waals surface area (Å²) in [5.74, 6) is -0.406. The predicted molar refractivity (Wildman–Crippen MR) is 224 cm³/mol. The van der Waals surface area contributed by atoms with Crippen LogP contribution in [0.2, 0.25) is 0 Å². The molecule has 0 N–H and O–H groups in total. The number of carbonyl (C=O) groups is 2. The van der Waals surface area contributed by atoms with Crippen LogP contribution in [0.1, 0.15) is 252 Å². The summed E-state index contributed by atoms with van der Waals surface area (Å²) < 4.78 is 17.2. The maximum Gasteiger partial charge on any atom is 0.306 e. The summed E-state index contributed by atoms with van der Waals surface area (Å²) in [6.45, 7) is 7.79. The highest BCUT2D eigenvalue weighted by Crippen LogP contribution is 2.15. The van der Waals surface area contributed by atoms with E-state index in [0.717, 1.165) is 51.4 Å². The number of unbranched alkanes of at least 4 members (excludes halogenated alkanes) is 30. The lowest BCUT2D eigenvalue weighted by Crippen LogP contribution is -2.30. The van der Waals surface area contributed by atoms with Crippen molar-refractivity contribution in [3.63, 3.8) is 0 Å². The summed E-state index contributed by atoms with van der Waals surface area (Å²) in [5.41, 5.74) is 0. The van der Waals surface area contributed by atoms with Crippen LogP contribution in [0.25, 0.3) is 0 Å². The molecular formula is C47H90O5. The molecule has 1 atom stereocenters. The number of ether oxygens (including phenoxy) is 3. The van der Waals surface area contributed by atoms with E-state index in [-0.39, 0.29) is 18.5 Å². The maximum absolute atomic E-state index is 12.5. The van der Waals surface area contributed by atoms with Gasteiger partial charge in [-0.3, -0.25) is 9.59 Å². The number of esters is 2. The molecule has 308 valence electrons. The van der Waals surface area contributed by atoms with Crippen molar-refractivity contribution in [2.24, 2.45) is 0 Å². The zero-order valence-electron chi connectivity index (χ0n) is 35.4. The molecule has 0 aliphatic heterocycles. The van der Waals surface area contributed by atoms with E-state index >= 15 is 0 Å². The second-order valence-electron chi connectivity index (χ2n) is 15.7. The van der Waals surface area contributed by atoms with Crippen molar-refractivity contribution < 1.29 is 23.8 Å². The van der Waals surface area contributed by atoms with E-state index in [1.165, 1.54) is 167 Å². The fourth-order valence-electron chi connectivity index (χ4n) is 6.80. The minimum Gasteiger partial charge on any atom is -0.462 e. The molecule has 0 rings (SSSR count). The molecule has 0 saturated heterocycles. The molecule has 5 nitrogen and oxygen atoms in total. The summed E-state index contributed by atoms with van der Waals surface area (Å²) in [5, 5.41) is 0. The molecule has 0 heterocycles. The summed E-state index contributed by atoms with van der Waals surface area (Å²) in [6, 6.07) is 0. The first kappa shape index (κ1) is 50.6. The Labute approximate surface area is 325 Å². The van der Waals surface area contributed by atoms with E-state index in [4.69, 9.17) is 14.2 Å². The summed E-state index contributed by atoms with van der Waals surface area (Å²) in [4.78, 5) is 25.0. The van der Waals surface area contributed by atoms with Gasteiger partial charge in [0.25, 0.3) is 0 Å². The van der Waals surface area contributed by atoms with E-state index < -0.39 is 6.10 Å². The molecule has 0 radical (unpaired) electrons. The van der Waals surface area contributed by atoms with E-state index in [0.29, 0.717) is 26.1 Å². The number of hydrogen-bond donors (Lipinski definition) is 0. The Morgan fingerprint density at radius 1 is 0.404 bits per heavy atom. The third-order valence-electron chi connectivity index (χ3n) is 10.3. The standard InChI is InChI=1S/C47H90O5/c1-4-7-10-13-15-17-19-21-23-25-27-29-31-33-36-39-42-50-43-45(52-47(49)41-38-34-12-9-6-3)44-51-46(48)40-37-35-32-30-28-26-24-22-20-18-16-14-11-8-5-2/h22,24,45H,4-21,23,25-44H2,1-3H3/b24-22-. The van der Waals surface area contributed by atoms with Crippen LogP contribution in [0.15, 0.2) is 12.2 Å². The fourth-order valence-corrected chi connectivity index (χ4v) is 6.80. The number of allylic oxidation sites excluding steroid dienone is 2. The second-order valence-corrected chi connectivity index (χ2v) is 15.7. The van der Waals surface area contributed by atoms with Gasteiger partial charge in [-0.1, -0.05) is 206 Å². The SMILES string of the molecule is CCCCCCCC/C=C\CCCCCCCC(=O)OCC(COCCCCCCCCCCCCCCCCCC)OC(=O)CCCCCCC. The van der Waals surface area contributed by atoms with Gasteiger partial charge in [0.15, 0.2) is 6.10 Å². The van der Waals surface area contributed by atoms with Gasteiger partial charge in [-0.2, -0.15) is 0 Å². The highest BCUT2D eigenvalue weighted by Gasteiger charge is 2.17. The quantitative estimate of drug-likeness (QED) is 0.0355. The lowest BCUT2D eigenvalue weighted by molar-refractivity contribution is -0.163. The van der Waals surface area contributed by atoms with Crippen molar-refractivity contribution in [3.05, 3.63) is 12.2 Å². The van der Waals surface area contributed by atoms with Gasteiger partial charge in [0.05, 0.1) is 6.61 Å². The van der Waals surface area contributed by atoms with Crippen molar-refractivity contribution in [2.45, 2.75) is 258 Å². The van der Waals surface area contributed by atoms with Crippen molar-refractivity contribution in [3.8, 4) is 0 Å². The Balaban J connectivity index is 4.02. The molecule has 0 aromatic rings. The molecule has 0 bridgehead atoms. The lowest BCUT2D eigenvalue weighted by Gasteiger charge is -2.18. The van der Waals surface area contributed by atoms with Gasteiger partial charge < -0.3 is 14.2 Å². The van der Waals surface area contributed by atoms with Crippen molar-refractivity contribution in [1.82, 2.24) is 0 Å². The number of hydrogen-bond acceptors (Lipinski definition) is 5. The summed E-state index contributed by atoms with van der Waals surface area (Å²) in [6.07, 6.45) is 48.1. The van der Waals surface area contributed by atoms with Gasteiger partial charge >= 0.3 is 11.9 Å². The van der Waals surface area contributed by atoms with E-state index in [1.54, 1.807) is 0 Å². The molecule has 0 spiro atoms. The third-order valence-corrected chi connectivity index (χ3v) is 10.3. The van der Waals surface area contributed by atoms with E-state index in [1.807, 2.05) is 0 Å². The minimum atomic E-state index is -0.526. The molecule has 5 heteroatoms. The van der Waals surface area contributed by atoms with Crippen LogP contribution in [-0.4, -0.2) is 37.9 Å². The van der Waals surface area contributed by atoms with Gasteiger partial charge in [0.1, 0.15) is 6.61 Å². The molecule has 0 amide bonds. The van der Waals surface area contributed by atoms with Crippen LogP contribution < -0.4 is 0 Å². The lowest BCUT2D eigenvalue weighted by atomic mass is 10.0. The van der Waals surface area contributed by atoms with Gasteiger partial charge in [-0.15, -0.1) is 0 Å². The highest BCUT2D eigenvalue weighted by atomic mass is 16.6. The fraction of sp³-hybridized carbons (Fsp3) is 0.915. The first-order valence-corrected chi connectivity index (χ1v) is 23.2. The van der Waals surface area contributed by atoms with Crippen LogP contribution in [0.4, 0.5) is 0 Å². The predicted octanol–water partition coefficient (Wildman–Crippen LogP) is 15.1. The van der Waals surface area contributed by atoms with Gasteiger partial charge in [0, 0.05) is 19.4 Å². The molecule has 0 aliphatic carbocycles. The molecule has 0 fully saturated rings. The molecule has 1 unspecified atom stereocenters. The first-order chi connectivity index (χ1) is 25.6. The summed E-state index contributed by atoms with van der Waals surface area (Å²) >= 11 is 0. The number of carbonyl (C=O) groups excluding carboxylic acids is 2. The zero-order chi connectivity index (χ0) is 37.8.